The van der Waals surface area contributed by atoms with E-state index < -0.39 is 10.0 Å². The van der Waals surface area contributed by atoms with Gasteiger partial charge >= 0.3 is 0 Å². The minimum atomic E-state index is -3.75. The molecule has 1 fully saturated rings. The molecule has 0 saturated carbocycles. The van der Waals surface area contributed by atoms with E-state index in [0.717, 1.165) is 11.1 Å². The Balaban J connectivity index is 1.34. The van der Waals surface area contributed by atoms with Gasteiger partial charge in [-0.1, -0.05) is 42.5 Å². The number of ether oxygens (including phenoxy) is 1. The lowest BCUT2D eigenvalue weighted by atomic mass is 10.0. The van der Waals surface area contributed by atoms with E-state index in [9.17, 15) is 17.6 Å². The minimum absolute atomic E-state index is 0.112. The molecule has 0 aliphatic carbocycles. The smallest absolute Gasteiger partial charge is 0.254 e. The number of carbonyl (C=O) groups excluding carboxylic acids is 1. The van der Waals surface area contributed by atoms with Crippen molar-refractivity contribution < 1.29 is 22.3 Å². The Morgan fingerprint density at radius 2 is 1.71 bits per heavy atom. The number of amides is 1. The molecule has 2 aliphatic rings. The molecule has 6 nitrogen and oxygen atoms in total. The van der Waals surface area contributed by atoms with Gasteiger partial charge in [-0.2, -0.15) is 4.31 Å². The summed E-state index contributed by atoms with van der Waals surface area (Å²) in [5, 5.41) is 0. The molecule has 0 radical (unpaired) electrons. The van der Waals surface area contributed by atoms with Crippen LogP contribution in [0.3, 0.4) is 0 Å². The number of nitrogens with zero attached hydrogens (tertiary/aromatic N) is 2. The molecule has 5 rings (SSSR count). The average molecular weight is 481 g/mol. The first-order valence-electron chi connectivity index (χ1n) is 11.3. The van der Waals surface area contributed by atoms with Crippen molar-refractivity contribution in [3.05, 3.63) is 101 Å². The van der Waals surface area contributed by atoms with Crippen molar-refractivity contribution in [2.75, 3.05) is 26.2 Å². The molecule has 8 heteroatoms. The second-order valence-electron chi connectivity index (χ2n) is 8.55. The molecule has 0 aromatic heterocycles. The summed E-state index contributed by atoms with van der Waals surface area (Å²) in [6, 6.07) is 20.1. The highest BCUT2D eigenvalue weighted by atomic mass is 32.2. The Morgan fingerprint density at radius 1 is 0.941 bits per heavy atom. The van der Waals surface area contributed by atoms with Crippen molar-refractivity contribution >= 4 is 15.9 Å². The molecule has 1 unspecified atom stereocenters. The van der Waals surface area contributed by atoms with Crippen molar-refractivity contribution in [1.82, 2.24) is 9.21 Å². The lowest BCUT2D eigenvalue weighted by Crippen LogP contribution is -2.42. The summed E-state index contributed by atoms with van der Waals surface area (Å²) in [6.45, 7) is 1.78. The Kier molecular flexibility index (Phi) is 6.20. The van der Waals surface area contributed by atoms with Crippen molar-refractivity contribution in [2.24, 2.45) is 0 Å². The van der Waals surface area contributed by atoms with Gasteiger partial charge in [0.25, 0.3) is 5.91 Å². The summed E-state index contributed by atoms with van der Waals surface area (Å²) >= 11 is 0. The van der Waals surface area contributed by atoms with E-state index >= 15 is 0 Å². The lowest BCUT2D eigenvalue weighted by Gasteiger charge is -2.33. The van der Waals surface area contributed by atoms with Crippen LogP contribution in [0.5, 0.6) is 0 Å². The topological polar surface area (TPSA) is 66.9 Å². The quantitative estimate of drug-likeness (QED) is 0.570. The fraction of sp³-hybridized carbons (Fsp3) is 0.269. The number of benzene rings is 3. The van der Waals surface area contributed by atoms with Gasteiger partial charge in [0.05, 0.1) is 18.0 Å². The minimum Gasteiger partial charge on any atom is -0.370 e. The fourth-order valence-electron chi connectivity index (χ4n) is 4.51. The summed E-state index contributed by atoms with van der Waals surface area (Å²) in [6.07, 6.45) is 0.297. The predicted octanol–water partition coefficient (Wildman–Crippen LogP) is 3.79. The zero-order chi connectivity index (χ0) is 23.7. The van der Waals surface area contributed by atoms with E-state index in [0.29, 0.717) is 44.8 Å². The van der Waals surface area contributed by atoms with E-state index in [4.69, 9.17) is 4.74 Å². The van der Waals surface area contributed by atoms with Gasteiger partial charge < -0.3 is 9.64 Å². The van der Waals surface area contributed by atoms with E-state index in [1.807, 2.05) is 24.3 Å². The maximum absolute atomic E-state index is 13.4. The highest BCUT2D eigenvalue weighted by Crippen LogP contribution is 2.27. The molecule has 34 heavy (non-hydrogen) atoms. The van der Waals surface area contributed by atoms with Crippen LogP contribution >= 0.6 is 0 Å². The largest absolute Gasteiger partial charge is 0.370 e. The maximum atomic E-state index is 13.4. The summed E-state index contributed by atoms with van der Waals surface area (Å²) in [5.41, 5.74) is 3.28. The first kappa shape index (κ1) is 22.7. The molecule has 1 amide bonds. The van der Waals surface area contributed by atoms with Crippen LogP contribution in [0.1, 0.15) is 33.2 Å². The van der Waals surface area contributed by atoms with Gasteiger partial charge in [-0.3, -0.25) is 4.79 Å². The van der Waals surface area contributed by atoms with Gasteiger partial charge in [0, 0.05) is 25.2 Å². The molecule has 1 saturated heterocycles. The molecule has 176 valence electrons. The summed E-state index contributed by atoms with van der Waals surface area (Å²) in [5.74, 6) is -0.584. The molecular formula is C26H25FN2O4S. The van der Waals surface area contributed by atoms with Gasteiger partial charge in [-0.25, -0.2) is 12.8 Å². The average Bonchev–Trinajstić information content (AvgIpc) is 2.88. The lowest BCUT2D eigenvalue weighted by molar-refractivity contribution is -0.0228. The summed E-state index contributed by atoms with van der Waals surface area (Å²) in [4.78, 5) is 15.0. The maximum Gasteiger partial charge on any atom is 0.254 e. The molecule has 0 bridgehead atoms. The van der Waals surface area contributed by atoms with Crippen LogP contribution in [0, 0.1) is 5.82 Å². The van der Waals surface area contributed by atoms with E-state index in [1.165, 1.54) is 34.1 Å². The molecule has 2 aliphatic heterocycles. The summed E-state index contributed by atoms with van der Waals surface area (Å²) < 4.78 is 47.2. The van der Waals surface area contributed by atoms with Crippen molar-refractivity contribution in [2.45, 2.75) is 24.0 Å². The Hall–Kier alpha value is -3.07. The number of carbonyl (C=O) groups is 1. The van der Waals surface area contributed by atoms with Crippen LogP contribution in [-0.4, -0.2) is 49.8 Å². The van der Waals surface area contributed by atoms with Crippen molar-refractivity contribution in [1.29, 1.82) is 0 Å². The number of sulfonamides is 1. The number of hydrogen-bond donors (Lipinski definition) is 0. The standard InChI is InChI=1S/C26H25FN2O4S/c27-23-10-8-20(9-11-23)25-18-28(14-15-33-25)26(30)21-6-3-7-24(16-21)34(31,32)29-13-12-19-4-1-2-5-22(19)17-29/h1-11,16,25H,12-15,17-18H2. The molecule has 2 heterocycles. The van der Waals surface area contributed by atoms with Crippen LogP contribution < -0.4 is 0 Å². The number of hydrogen-bond acceptors (Lipinski definition) is 4. The molecule has 0 spiro atoms. The Bertz CT molecular complexity index is 1310. The molecule has 1 atom stereocenters. The number of rotatable bonds is 4. The van der Waals surface area contributed by atoms with Gasteiger partial charge in [-0.15, -0.1) is 0 Å². The van der Waals surface area contributed by atoms with Gasteiger partial charge in [0.15, 0.2) is 0 Å². The van der Waals surface area contributed by atoms with E-state index in [2.05, 4.69) is 0 Å². The van der Waals surface area contributed by atoms with Gasteiger partial charge in [0.1, 0.15) is 11.9 Å². The van der Waals surface area contributed by atoms with E-state index in [-0.39, 0.29) is 22.7 Å². The predicted molar refractivity (Wildman–Crippen MR) is 125 cm³/mol. The molecule has 3 aromatic rings. The SMILES string of the molecule is O=C(c1cccc(S(=O)(=O)N2CCc3ccccc3C2)c1)N1CCOC(c2ccc(F)cc2)C1. The molecule has 3 aromatic carbocycles. The van der Waals surface area contributed by atoms with E-state index in [1.54, 1.807) is 29.2 Å². The third kappa shape index (κ3) is 4.49. The Labute approximate surface area is 198 Å². The van der Waals surface area contributed by atoms with Crippen LogP contribution in [0.15, 0.2) is 77.7 Å². The monoisotopic (exact) mass is 480 g/mol. The second-order valence-corrected chi connectivity index (χ2v) is 10.5. The van der Waals surface area contributed by atoms with Crippen molar-refractivity contribution in [3.8, 4) is 0 Å². The molecule has 0 N–H and O–H groups in total. The zero-order valence-corrected chi connectivity index (χ0v) is 19.4. The highest BCUT2D eigenvalue weighted by Gasteiger charge is 2.30. The number of fused-ring (bicyclic) bond motifs is 1. The van der Waals surface area contributed by atoms with Crippen LogP contribution in [0.25, 0.3) is 0 Å². The molecular weight excluding hydrogens is 455 g/mol. The fourth-order valence-corrected chi connectivity index (χ4v) is 5.97. The van der Waals surface area contributed by atoms with Gasteiger partial charge in [-0.05, 0) is 53.4 Å². The zero-order valence-electron chi connectivity index (χ0n) is 18.6. The van der Waals surface area contributed by atoms with Crippen LogP contribution in [0.4, 0.5) is 4.39 Å². The third-order valence-electron chi connectivity index (χ3n) is 6.41. The summed E-state index contributed by atoms with van der Waals surface area (Å²) in [7, 11) is -3.75. The Morgan fingerprint density at radius 3 is 2.50 bits per heavy atom. The second kappa shape index (κ2) is 9.29. The number of morpholine rings is 1. The normalized spacial score (nSPS) is 19.0. The van der Waals surface area contributed by atoms with Crippen LogP contribution in [-0.2, 0) is 27.7 Å². The highest BCUT2D eigenvalue weighted by molar-refractivity contribution is 7.89. The third-order valence-corrected chi connectivity index (χ3v) is 8.25. The van der Waals surface area contributed by atoms with Gasteiger partial charge in [0.2, 0.25) is 10.0 Å². The number of halogens is 1. The van der Waals surface area contributed by atoms with Crippen molar-refractivity contribution in [3.63, 3.8) is 0 Å². The first-order chi connectivity index (χ1) is 16.4. The van der Waals surface area contributed by atoms with Crippen LogP contribution in [0.2, 0.25) is 0 Å². The first-order valence-corrected chi connectivity index (χ1v) is 12.7.